The van der Waals surface area contributed by atoms with Crippen LogP contribution in [-0.4, -0.2) is 21.9 Å². The van der Waals surface area contributed by atoms with Crippen molar-refractivity contribution in [3.05, 3.63) is 24.3 Å². The van der Waals surface area contributed by atoms with Crippen LogP contribution in [0.15, 0.2) is 24.3 Å². The minimum absolute atomic E-state index is 0.0130. The molecule has 2 nitrogen and oxygen atoms in total. The highest BCUT2D eigenvalue weighted by atomic mass is 16.3. The molecule has 0 amide bonds. The second-order valence-electron chi connectivity index (χ2n) is 8.89. The number of allylic oxidation sites excluding steroid dienone is 3. The summed E-state index contributed by atoms with van der Waals surface area (Å²) >= 11 is 0. The molecule has 0 saturated heterocycles. The van der Waals surface area contributed by atoms with Gasteiger partial charge in [-0.2, -0.15) is 0 Å². The molecule has 0 spiro atoms. The van der Waals surface area contributed by atoms with Crippen LogP contribution in [0.2, 0.25) is 0 Å². The Kier molecular flexibility index (Phi) is 4.68. The first-order chi connectivity index (χ1) is 10.0. The fourth-order valence-corrected chi connectivity index (χ4v) is 5.78. The first-order valence-electron chi connectivity index (χ1n) is 8.74. The average molecular weight is 306 g/mol. The summed E-state index contributed by atoms with van der Waals surface area (Å²) in [7, 11) is 0. The van der Waals surface area contributed by atoms with Crippen LogP contribution in [0.3, 0.4) is 0 Å². The van der Waals surface area contributed by atoms with Gasteiger partial charge in [0.1, 0.15) is 0 Å². The van der Waals surface area contributed by atoms with Gasteiger partial charge in [-0.15, -0.1) is 0 Å². The van der Waals surface area contributed by atoms with Crippen molar-refractivity contribution in [3.8, 4) is 0 Å². The predicted molar refractivity (Wildman–Crippen MR) is 92.5 cm³/mol. The van der Waals surface area contributed by atoms with Gasteiger partial charge in [0.2, 0.25) is 0 Å². The normalized spacial score (nSPS) is 45.2. The summed E-state index contributed by atoms with van der Waals surface area (Å²) < 4.78 is 0. The number of rotatable bonds is 3. The van der Waals surface area contributed by atoms with E-state index in [0.29, 0.717) is 6.42 Å². The molecule has 0 aromatic carbocycles. The number of hydrogen-bond acceptors (Lipinski definition) is 2. The lowest BCUT2D eigenvalue weighted by atomic mass is 9.44. The Hall–Kier alpha value is -0.600. The molecule has 0 aliphatic heterocycles. The lowest BCUT2D eigenvalue weighted by molar-refractivity contribution is -0.211. The fourth-order valence-electron chi connectivity index (χ4n) is 5.78. The van der Waals surface area contributed by atoms with E-state index in [1.165, 1.54) is 12.8 Å². The maximum atomic E-state index is 11.0. The Balaban J connectivity index is 2.42. The van der Waals surface area contributed by atoms with Crippen LogP contribution in [0.5, 0.6) is 0 Å². The molecule has 5 atom stereocenters. The molecule has 2 fully saturated rings. The van der Waals surface area contributed by atoms with Gasteiger partial charge in [-0.1, -0.05) is 51.5 Å². The van der Waals surface area contributed by atoms with Gasteiger partial charge < -0.3 is 10.2 Å². The first kappa shape index (κ1) is 17.7. The standard InChI is InChI=1S/C20H34O2/c1-7-14(2)9-10-16-19(5)12-8-11-18(3,4)17(19)15(21)13-20(16,6)22/h7,9,15-17,21-22H,1,8,10-13H2,2-6H3/b14-9+/t15?,16-,17+,19-,20-/m1/s1. The summed E-state index contributed by atoms with van der Waals surface area (Å²) in [5.41, 5.74) is 0.479. The molecule has 0 aromatic heterocycles. The molecule has 0 heterocycles. The number of hydrogen-bond donors (Lipinski definition) is 2. The first-order valence-corrected chi connectivity index (χ1v) is 8.74. The van der Waals surface area contributed by atoms with Crippen LogP contribution in [0, 0.1) is 22.7 Å². The van der Waals surface area contributed by atoms with Gasteiger partial charge in [0.25, 0.3) is 0 Å². The minimum atomic E-state index is -0.809. The summed E-state index contributed by atoms with van der Waals surface area (Å²) in [5, 5.41) is 21.8. The molecule has 2 aliphatic rings. The molecule has 2 saturated carbocycles. The Labute approximate surface area is 136 Å². The molecule has 2 N–H and O–H groups in total. The molecule has 2 heteroatoms. The summed E-state index contributed by atoms with van der Waals surface area (Å²) in [6.45, 7) is 14.7. The Morgan fingerprint density at radius 1 is 1.23 bits per heavy atom. The van der Waals surface area contributed by atoms with E-state index in [1.807, 2.05) is 13.0 Å². The minimum Gasteiger partial charge on any atom is -0.393 e. The lowest BCUT2D eigenvalue weighted by Crippen LogP contribution is -2.62. The Morgan fingerprint density at radius 2 is 1.86 bits per heavy atom. The van der Waals surface area contributed by atoms with Crippen molar-refractivity contribution in [1.82, 2.24) is 0 Å². The molecule has 126 valence electrons. The monoisotopic (exact) mass is 306 g/mol. The molecule has 1 unspecified atom stereocenters. The van der Waals surface area contributed by atoms with E-state index >= 15 is 0 Å². The molecule has 22 heavy (non-hydrogen) atoms. The van der Waals surface area contributed by atoms with E-state index in [1.54, 1.807) is 0 Å². The van der Waals surface area contributed by atoms with Crippen molar-refractivity contribution < 1.29 is 10.2 Å². The second kappa shape index (κ2) is 5.79. The smallest absolute Gasteiger partial charge is 0.0680 e. The van der Waals surface area contributed by atoms with Crippen molar-refractivity contribution >= 4 is 0 Å². The van der Waals surface area contributed by atoms with Gasteiger partial charge in [0.15, 0.2) is 0 Å². The molecule has 0 radical (unpaired) electrons. The zero-order valence-corrected chi connectivity index (χ0v) is 15.0. The number of fused-ring (bicyclic) bond motifs is 1. The third kappa shape index (κ3) is 2.92. The molecular formula is C20H34O2. The highest BCUT2D eigenvalue weighted by Gasteiger charge is 2.60. The lowest BCUT2D eigenvalue weighted by Gasteiger charge is -2.62. The van der Waals surface area contributed by atoms with Crippen molar-refractivity contribution in [1.29, 1.82) is 0 Å². The Morgan fingerprint density at radius 3 is 2.45 bits per heavy atom. The van der Waals surface area contributed by atoms with Crippen LogP contribution >= 0.6 is 0 Å². The third-order valence-electron chi connectivity index (χ3n) is 6.64. The zero-order chi connectivity index (χ0) is 16.8. The summed E-state index contributed by atoms with van der Waals surface area (Å²) in [6, 6.07) is 0. The maximum absolute atomic E-state index is 11.0. The van der Waals surface area contributed by atoms with E-state index in [9.17, 15) is 10.2 Å². The topological polar surface area (TPSA) is 40.5 Å². The maximum Gasteiger partial charge on any atom is 0.0680 e. The SMILES string of the molecule is C=C/C(C)=C/C[C@@H]1[C@@]2(C)CCCC(C)(C)[C@@H]2C(O)C[C@@]1(C)O. The van der Waals surface area contributed by atoms with E-state index in [-0.39, 0.29) is 22.7 Å². The van der Waals surface area contributed by atoms with Crippen LogP contribution < -0.4 is 0 Å². The van der Waals surface area contributed by atoms with Gasteiger partial charge in [-0.05, 0) is 55.8 Å². The molecule has 0 aromatic rings. The zero-order valence-electron chi connectivity index (χ0n) is 15.0. The predicted octanol–water partition coefficient (Wildman–Crippen LogP) is 4.47. The average Bonchev–Trinajstić information content (AvgIpc) is 2.34. The van der Waals surface area contributed by atoms with Crippen molar-refractivity contribution in [3.63, 3.8) is 0 Å². The van der Waals surface area contributed by atoms with E-state index in [4.69, 9.17) is 0 Å². The molecular weight excluding hydrogens is 272 g/mol. The van der Waals surface area contributed by atoms with E-state index in [0.717, 1.165) is 18.4 Å². The van der Waals surface area contributed by atoms with Crippen LogP contribution in [0.1, 0.15) is 66.7 Å². The largest absolute Gasteiger partial charge is 0.393 e. The van der Waals surface area contributed by atoms with Crippen molar-refractivity contribution in [2.45, 2.75) is 78.4 Å². The van der Waals surface area contributed by atoms with Gasteiger partial charge in [0, 0.05) is 6.42 Å². The van der Waals surface area contributed by atoms with Crippen LogP contribution in [-0.2, 0) is 0 Å². The Bertz CT molecular complexity index is 460. The third-order valence-corrected chi connectivity index (χ3v) is 6.64. The van der Waals surface area contributed by atoms with Gasteiger partial charge in [0.05, 0.1) is 11.7 Å². The van der Waals surface area contributed by atoms with Gasteiger partial charge in [-0.3, -0.25) is 0 Å². The van der Waals surface area contributed by atoms with Gasteiger partial charge in [-0.25, -0.2) is 0 Å². The summed E-state index contributed by atoms with van der Waals surface area (Å²) in [6.07, 6.45) is 8.47. The fraction of sp³-hybridized carbons (Fsp3) is 0.800. The van der Waals surface area contributed by atoms with Crippen LogP contribution in [0.25, 0.3) is 0 Å². The molecule has 2 rings (SSSR count). The number of aliphatic hydroxyl groups excluding tert-OH is 1. The molecule has 2 aliphatic carbocycles. The number of aliphatic hydroxyl groups is 2. The highest BCUT2D eigenvalue weighted by Crippen LogP contribution is 2.62. The van der Waals surface area contributed by atoms with Crippen molar-refractivity contribution in [2.24, 2.45) is 22.7 Å². The quantitative estimate of drug-likeness (QED) is 0.755. The summed E-state index contributed by atoms with van der Waals surface area (Å²) in [5.74, 6) is 0.444. The van der Waals surface area contributed by atoms with Crippen molar-refractivity contribution in [2.75, 3.05) is 0 Å². The second-order valence-corrected chi connectivity index (χ2v) is 8.89. The molecule has 0 bridgehead atoms. The highest BCUT2D eigenvalue weighted by molar-refractivity contribution is 5.16. The van der Waals surface area contributed by atoms with E-state index < -0.39 is 11.7 Å². The van der Waals surface area contributed by atoms with E-state index in [2.05, 4.69) is 40.3 Å². The van der Waals surface area contributed by atoms with Crippen LogP contribution in [0.4, 0.5) is 0 Å². The van der Waals surface area contributed by atoms with Gasteiger partial charge >= 0.3 is 0 Å². The summed E-state index contributed by atoms with van der Waals surface area (Å²) in [4.78, 5) is 0.